The van der Waals surface area contributed by atoms with E-state index in [-0.39, 0.29) is 48.8 Å². The van der Waals surface area contributed by atoms with Crippen LogP contribution in [0.4, 0.5) is 13.6 Å². The van der Waals surface area contributed by atoms with Crippen molar-refractivity contribution in [1.29, 1.82) is 0 Å². The number of hydrogen-bond donors (Lipinski definition) is 0. The highest BCUT2D eigenvalue weighted by Gasteiger charge is 2.36. The van der Waals surface area contributed by atoms with Crippen LogP contribution in [0, 0.1) is 17.6 Å². The number of ether oxygens (including phenoxy) is 3. The number of benzene rings is 2. The minimum atomic E-state index is -0.642. The molecule has 1 heterocycles. The van der Waals surface area contributed by atoms with Crippen molar-refractivity contribution >= 4 is 12.0 Å². The van der Waals surface area contributed by atoms with Crippen LogP contribution in [0.15, 0.2) is 48.5 Å². The van der Waals surface area contributed by atoms with Crippen LogP contribution < -0.4 is 0 Å². The summed E-state index contributed by atoms with van der Waals surface area (Å²) in [6.07, 6.45) is 2.01. The second kappa shape index (κ2) is 13.5. The molecule has 2 aromatic rings. The number of carbonyl (C=O) groups excluding carboxylic acids is 2. The molecular formula is C31H40F2N2O5. The Morgan fingerprint density at radius 1 is 1.02 bits per heavy atom. The van der Waals surface area contributed by atoms with Crippen molar-refractivity contribution in [3.63, 3.8) is 0 Å². The molecule has 9 heteroatoms. The fourth-order valence-electron chi connectivity index (χ4n) is 5.28. The molecule has 218 valence electrons. The second-order valence-corrected chi connectivity index (χ2v) is 11.6. The lowest BCUT2D eigenvalue weighted by Crippen LogP contribution is -2.50. The summed E-state index contributed by atoms with van der Waals surface area (Å²) in [5.74, 6) is -0.653. The minimum Gasteiger partial charge on any atom is -0.444 e. The van der Waals surface area contributed by atoms with E-state index in [2.05, 4.69) is 0 Å². The molecule has 1 saturated carbocycles. The van der Waals surface area contributed by atoms with Crippen LogP contribution in [0.5, 0.6) is 0 Å². The van der Waals surface area contributed by atoms with Gasteiger partial charge in [0.1, 0.15) is 17.2 Å². The van der Waals surface area contributed by atoms with Crippen molar-refractivity contribution in [3.05, 3.63) is 71.3 Å². The van der Waals surface area contributed by atoms with Crippen LogP contribution in [-0.4, -0.2) is 65.9 Å². The van der Waals surface area contributed by atoms with Crippen LogP contribution in [0.2, 0.25) is 0 Å². The SMILES string of the molecule is CC(C)(C)OC(=O)N(Cc1ccc(F)cc1)C1CCC(C(=O)N2CCOC(COCc3ccccc3F)C2)CC1. The van der Waals surface area contributed by atoms with Gasteiger partial charge < -0.3 is 24.0 Å². The summed E-state index contributed by atoms with van der Waals surface area (Å²) < 4.78 is 44.5. The molecule has 0 N–H and O–H groups in total. The summed E-state index contributed by atoms with van der Waals surface area (Å²) >= 11 is 0. The fourth-order valence-corrected chi connectivity index (χ4v) is 5.28. The third kappa shape index (κ3) is 8.48. The van der Waals surface area contributed by atoms with Crippen molar-refractivity contribution < 1.29 is 32.6 Å². The van der Waals surface area contributed by atoms with Gasteiger partial charge in [-0.05, 0) is 70.2 Å². The number of nitrogens with zero attached hydrogens (tertiary/aromatic N) is 2. The zero-order valence-corrected chi connectivity index (χ0v) is 23.6. The maximum Gasteiger partial charge on any atom is 0.410 e. The van der Waals surface area contributed by atoms with Crippen LogP contribution in [0.1, 0.15) is 57.6 Å². The van der Waals surface area contributed by atoms with Gasteiger partial charge in [0.25, 0.3) is 0 Å². The molecule has 4 rings (SSSR count). The Bertz CT molecular complexity index is 1130. The topological polar surface area (TPSA) is 68.3 Å². The molecule has 2 aromatic carbocycles. The third-order valence-corrected chi connectivity index (χ3v) is 7.35. The van der Waals surface area contributed by atoms with E-state index in [1.807, 2.05) is 25.7 Å². The molecule has 2 fully saturated rings. The highest BCUT2D eigenvalue weighted by Crippen LogP contribution is 2.31. The summed E-state index contributed by atoms with van der Waals surface area (Å²) in [5.41, 5.74) is 0.668. The van der Waals surface area contributed by atoms with Crippen LogP contribution in [-0.2, 0) is 32.2 Å². The average molecular weight is 559 g/mol. The number of morpholine rings is 1. The van der Waals surface area contributed by atoms with E-state index in [9.17, 15) is 18.4 Å². The Labute approximate surface area is 235 Å². The molecule has 1 aliphatic heterocycles. The predicted octanol–water partition coefficient (Wildman–Crippen LogP) is 5.70. The van der Waals surface area contributed by atoms with E-state index in [1.165, 1.54) is 18.2 Å². The summed E-state index contributed by atoms with van der Waals surface area (Å²) in [5, 5.41) is 0. The van der Waals surface area contributed by atoms with Crippen molar-refractivity contribution in [1.82, 2.24) is 9.80 Å². The number of hydrogen-bond acceptors (Lipinski definition) is 5. The summed E-state index contributed by atoms with van der Waals surface area (Å²) in [7, 11) is 0. The molecule has 2 amide bonds. The van der Waals surface area contributed by atoms with E-state index >= 15 is 0 Å². The van der Waals surface area contributed by atoms with Crippen molar-refractivity contribution in [2.45, 2.75) is 77.4 Å². The van der Waals surface area contributed by atoms with Gasteiger partial charge in [0, 0.05) is 37.2 Å². The lowest BCUT2D eigenvalue weighted by Gasteiger charge is -2.39. The maximum absolute atomic E-state index is 13.8. The van der Waals surface area contributed by atoms with E-state index in [4.69, 9.17) is 14.2 Å². The van der Waals surface area contributed by atoms with E-state index in [0.29, 0.717) is 57.5 Å². The largest absolute Gasteiger partial charge is 0.444 e. The zero-order valence-electron chi connectivity index (χ0n) is 23.6. The van der Waals surface area contributed by atoms with Crippen LogP contribution >= 0.6 is 0 Å². The van der Waals surface area contributed by atoms with Crippen molar-refractivity contribution in [3.8, 4) is 0 Å². The lowest BCUT2D eigenvalue weighted by atomic mass is 9.84. The van der Waals surface area contributed by atoms with Gasteiger partial charge in [-0.25, -0.2) is 13.6 Å². The first kappa shape index (κ1) is 29.9. The van der Waals surface area contributed by atoms with Crippen LogP contribution in [0.3, 0.4) is 0 Å². The normalized spacial score (nSPS) is 21.6. The summed E-state index contributed by atoms with van der Waals surface area (Å²) in [4.78, 5) is 30.1. The molecule has 2 aliphatic rings. The maximum atomic E-state index is 13.8. The highest BCUT2D eigenvalue weighted by molar-refractivity contribution is 5.79. The van der Waals surface area contributed by atoms with Gasteiger partial charge in [0.05, 0.1) is 25.9 Å². The summed E-state index contributed by atoms with van der Waals surface area (Å²) in [6, 6.07) is 12.6. The smallest absolute Gasteiger partial charge is 0.410 e. The lowest BCUT2D eigenvalue weighted by molar-refractivity contribution is -0.147. The molecule has 7 nitrogen and oxygen atoms in total. The van der Waals surface area contributed by atoms with Crippen molar-refractivity contribution in [2.75, 3.05) is 26.3 Å². The van der Waals surface area contributed by atoms with Crippen LogP contribution in [0.25, 0.3) is 0 Å². The molecule has 0 bridgehead atoms. The predicted molar refractivity (Wildman–Crippen MR) is 146 cm³/mol. The summed E-state index contributed by atoms with van der Waals surface area (Å²) in [6.45, 7) is 7.62. The Morgan fingerprint density at radius 2 is 1.73 bits per heavy atom. The molecule has 0 aromatic heterocycles. The molecule has 1 aliphatic carbocycles. The van der Waals surface area contributed by atoms with Gasteiger partial charge in [-0.2, -0.15) is 0 Å². The molecule has 1 unspecified atom stereocenters. The van der Waals surface area contributed by atoms with Gasteiger partial charge in [-0.3, -0.25) is 4.79 Å². The molecule has 0 radical (unpaired) electrons. The van der Waals surface area contributed by atoms with Gasteiger partial charge in [-0.15, -0.1) is 0 Å². The van der Waals surface area contributed by atoms with Gasteiger partial charge in [-0.1, -0.05) is 30.3 Å². The standard InChI is InChI=1S/C31H40F2N2O5/c1-31(2,3)40-30(37)35(18-22-8-12-25(32)13-9-22)26-14-10-23(11-15-26)29(36)34-16-17-39-27(19-34)21-38-20-24-6-4-5-7-28(24)33/h4-9,12-13,23,26-27H,10-11,14-21H2,1-3H3. The molecule has 0 spiro atoms. The first-order valence-electron chi connectivity index (χ1n) is 14.0. The fraction of sp³-hybridized carbons (Fsp3) is 0.548. The van der Waals surface area contributed by atoms with E-state index < -0.39 is 11.7 Å². The number of carbonyl (C=O) groups is 2. The molecule has 1 saturated heterocycles. The first-order valence-corrected chi connectivity index (χ1v) is 14.0. The Morgan fingerprint density at radius 3 is 2.40 bits per heavy atom. The third-order valence-electron chi connectivity index (χ3n) is 7.35. The Balaban J connectivity index is 1.30. The van der Waals surface area contributed by atoms with Crippen molar-refractivity contribution in [2.24, 2.45) is 5.92 Å². The molecule has 40 heavy (non-hydrogen) atoms. The highest BCUT2D eigenvalue weighted by atomic mass is 19.1. The van der Waals surface area contributed by atoms with E-state index in [0.717, 1.165) is 5.56 Å². The van der Waals surface area contributed by atoms with Gasteiger partial charge in [0.2, 0.25) is 5.91 Å². The molecule has 1 atom stereocenters. The molecular weight excluding hydrogens is 518 g/mol. The monoisotopic (exact) mass is 558 g/mol. The first-order chi connectivity index (χ1) is 19.1. The minimum absolute atomic E-state index is 0.0758. The Kier molecular flexibility index (Phi) is 10.1. The quantitative estimate of drug-likeness (QED) is 0.416. The Hall–Kier alpha value is -3.04. The van der Waals surface area contributed by atoms with Gasteiger partial charge >= 0.3 is 6.09 Å². The van der Waals surface area contributed by atoms with Gasteiger partial charge in [0.15, 0.2) is 0 Å². The second-order valence-electron chi connectivity index (χ2n) is 11.6. The number of halogens is 2. The zero-order chi connectivity index (χ0) is 28.7. The number of amides is 2. The van der Waals surface area contributed by atoms with E-state index in [1.54, 1.807) is 35.2 Å². The average Bonchev–Trinajstić information content (AvgIpc) is 2.93. The number of rotatable bonds is 8.